The zero-order valence-electron chi connectivity index (χ0n) is 19.4. The van der Waals surface area contributed by atoms with Gasteiger partial charge < -0.3 is 10.2 Å². The average Bonchev–Trinajstić information content (AvgIpc) is 3.09. The fraction of sp³-hybridized carbons (Fsp3) is 0.778. The van der Waals surface area contributed by atoms with Crippen molar-refractivity contribution in [3.05, 3.63) is 35.5 Å². The molecule has 0 aliphatic heterocycles. The lowest BCUT2D eigenvalue weighted by molar-refractivity contribution is 0.0627. The van der Waals surface area contributed by atoms with Crippen molar-refractivity contribution in [3.8, 4) is 0 Å². The van der Waals surface area contributed by atoms with Crippen LogP contribution in [0.25, 0.3) is 0 Å². The molecule has 170 valence electrons. The van der Waals surface area contributed by atoms with Crippen LogP contribution in [0.5, 0.6) is 0 Å². The number of hydrogen-bond acceptors (Lipinski definition) is 2. The summed E-state index contributed by atoms with van der Waals surface area (Å²) in [5.74, 6) is 1.63. The van der Waals surface area contributed by atoms with E-state index in [-0.39, 0.29) is 12.0 Å². The van der Waals surface area contributed by atoms with Gasteiger partial charge >= 0.3 is 0 Å². The fourth-order valence-corrected chi connectivity index (χ4v) is 6.63. The Labute approximate surface area is 183 Å². The van der Waals surface area contributed by atoms with Gasteiger partial charge in [-0.05, 0) is 93.0 Å². The largest absolute Gasteiger partial charge is 0.393 e. The lowest BCUT2D eigenvalue weighted by Crippen LogP contribution is -2.36. The minimum Gasteiger partial charge on any atom is -0.393 e. The minimum atomic E-state index is -0.519. The van der Waals surface area contributed by atoms with Gasteiger partial charge in [-0.3, -0.25) is 4.39 Å². The van der Waals surface area contributed by atoms with E-state index in [1.165, 1.54) is 43.3 Å². The third-order valence-corrected chi connectivity index (χ3v) is 8.73. The highest BCUT2D eigenvalue weighted by Crippen LogP contribution is 2.60. The number of hydrogen-bond donors (Lipinski definition) is 2. The Kier molecular flexibility index (Phi) is 8.01. The van der Waals surface area contributed by atoms with Crippen LogP contribution in [0.2, 0.25) is 0 Å². The fourth-order valence-electron chi connectivity index (χ4n) is 6.63. The molecule has 0 heterocycles. The van der Waals surface area contributed by atoms with Gasteiger partial charge in [-0.2, -0.15) is 0 Å². The summed E-state index contributed by atoms with van der Waals surface area (Å²) in [7, 11) is 0. The molecular weight excluding hydrogens is 375 g/mol. The molecule has 0 aromatic rings. The second kappa shape index (κ2) is 10.1. The molecule has 3 aliphatic rings. The number of aliphatic hydroxyl groups is 2. The zero-order valence-corrected chi connectivity index (χ0v) is 19.4. The summed E-state index contributed by atoms with van der Waals surface area (Å²) < 4.78 is 12.9. The lowest BCUT2D eigenvalue weighted by atomic mass is 9.60. The van der Waals surface area contributed by atoms with Gasteiger partial charge in [0.1, 0.15) is 0 Å². The highest BCUT2D eigenvalue weighted by molar-refractivity contribution is 5.36. The smallest absolute Gasteiger partial charge is 0.0944 e. The number of halogens is 1. The highest BCUT2D eigenvalue weighted by atomic mass is 19.1. The molecule has 2 nitrogen and oxygen atoms in total. The molecule has 2 N–H and O–H groups in total. The monoisotopic (exact) mass is 418 g/mol. The summed E-state index contributed by atoms with van der Waals surface area (Å²) in [5.41, 5.74) is 4.34. The first-order valence-electron chi connectivity index (χ1n) is 12.3. The first-order valence-corrected chi connectivity index (χ1v) is 12.3. The maximum Gasteiger partial charge on any atom is 0.0944 e. The molecule has 0 amide bonds. The molecule has 3 fully saturated rings. The van der Waals surface area contributed by atoms with Crippen molar-refractivity contribution < 1.29 is 14.6 Å². The summed E-state index contributed by atoms with van der Waals surface area (Å²) in [6, 6.07) is 0. The van der Waals surface area contributed by atoms with Crippen LogP contribution in [0.3, 0.4) is 0 Å². The Morgan fingerprint density at radius 2 is 1.93 bits per heavy atom. The molecule has 7 atom stereocenters. The number of rotatable bonds is 7. The van der Waals surface area contributed by atoms with Crippen LogP contribution in [0.4, 0.5) is 4.39 Å². The molecule has 0 aromatic heterocycles. The van der Waals surface area contributed by atoms with Crippen molar-refractivity contribution in [2.45, 2.75) is 97.2 Å². The van der Waals surface area contributed by atoms with Gasteiger partial charge in [0.2, 0.25) is 0 Å². The number of aliphatic hydroxyl groups excluding tert-OH is 2. The molecular formula is C27H43FO2. The molecule has 30 heavy (non-hydrogen) atoms. The van der Waals surface area contributed by atoms with Crippen LogP contribution in [0.1, 0.15) is 85.0 Å². The van der Waals surface area contributed by atoms with Crippen molar-refractivity contribution in [1.29, 1.82) is 0 Å². The van der Waals surface area contributed by atoms with Crippen molar-refractivity contribution >= 4 is 0 Å². The number of alkyl halides is 1. The number of allylic oxidation sites excluding steroid dienone is 4. The van der Waals surface area contributed by atoms with Gasteiger partial charge in [0.05, 0.1) is 18.9 Å². The molecule has 3 heteroatoms. The van der Waals surface area contributed by atoms with E-state index in [4.69, 9.17) is 0 Å². The van der Waals surface area contributed by atoms with Crippen LogP contribution >= 0.6 is 0 Å². The van der Waals surface area contributed by atoms with Gasteiger partial charge in [0, 0.05) is 5.92 Å². The van der Waals surface area contributed by atoms with E-state index in [1.54, 1.807) is 12.5 Å². The predicted molar refractivity (Wildman–Crippen MR) is 123 cm³/mol. The van der Waals surface area contributed by atoms with E-state index in [0.717, 1.165) is 25.7 Å². The Hall–Kier alpha value is -0.930. The third kappa shape index (κ3) is 5.10. The maximum atomic E-state index is 12.9. The van der Waals surface area contributed by atoms with Gasteiger partial charge in [-0.1, -0.05) is 50.6 Å². The second-order valence-electron chi connectivity index (χ2n) is 10.8. The van der Waals surface area contributed by atoms with E-state index in [2.05, 4.69) is 32.6 Å². The highest BCUT2D eigenvalue weighted by Gasteiger charge is 2.50. The van der Waals surface area contributed by atoms with Gasteiger partial charge in [0.25, 0.3) is 0 Å². The van der Waals surface area contributed by atoms with Gasteiger partial charge in [-0.15, -0.1) is 0 Å². The zero-order chi connectivity index (χ0) is 21.9. The SMILES string of the molecule is C=C1CC[C@H](O)C/C1=C/C=C1CCC[C@@]2(C)C1CC[C@@H]2[C@H](C)CC[C@@H](O)C(C)CF. The van der Waals surface area contributed by atoms with Crippen LogP contribution in [0.15, 0.2) is 35.5 Å². The van der Waals surface area contributed by atoms with Crippen molar-refractivity contribution in [2.24, 2.45) is 29.1 Å². The molecule has 0 spiro atoms. The Morgan fingerprint density at radius 1 is 1.17 bits per heavy atom. The van der Waals surface area contributed by atoms with E-state index in [9.17, 15) is 14.6 Å². The predicted octanol–water partition coefficient (Wildman–Crippen LogP) is 6.54. The quantitative estimate of drug-likeness (QED) is 0.493. The molecule has 0 radical (unpaired) electrons. The molecule has 0 bridgehead atoms. The minimum absolute atomic E-state index is 0.219. The lowest BCUT2D eigenvalue weighted by Gasteiger charge is -2.44. The van der Waals surface area contributed by atoms with Gasteiger partial charge in [0.15, 0.2) is 0 Å². The van der Waals surface area contributed by atoms with E-state index in [0.29, 0.717) is 29.6 Å². The molecule has 0 aromatic carbocycles. The van der Waals surface area contributed by atoms with Crippen LogP contribution in [-0.2, 0) is 0 Å². The summed E-state index contributed by atoms with van der Waals surface area (Å²) in [6.45, 7) is 10.4. The average molecular weight is 419 g/mol. The molecule has 3 aliphatic carbocycles. The Balaban J connectivity index is 1.68. The Morgan fingerprint density at radius 3 is 2.67 bits per heavy atom. The summed E-state index contributed by atoms with van der Waals surface area (Å²) >= 11 is 0. The number of fused-ring (bicyclic) bond motifs is 1. The Bertz CT molecular complexity index is 666. The summed E-state index contributed by atoms with van der Waals surface area (Å²) in [6.07, 6.45) is 14.3. The molecule has 2 unspecified atom stereocenters. The second-order valence-corrected chi connectivity index (χ2v) is 10.8. The first kappa shape index (κ1) is 23.7. The topological polar surface area (TPSA) is 40.5 Å². The summed E-state index contributed by atoms with van der Waals surface area (Å²) in [5, 5.41) is 20.2. The molecule has 0 saturated heterocycles. The van der Waals surface area contributed by atoms with Crippen molar-refractivity contribution in [2.75, 3.05) is 6.67 Å². The first-order chi connectivity index (χ1) is 14.3. The van der Waals surface area contributed by atoms with Crippen molar-refractivity contribution in [1.82, 2.24) is 0 Å². The maximum absolute atomic E-state index is 12.9. The third-order valence-electron chi connectivity index (χ3n) is 8.73. The van der Waals surface area contributed by atoms with Crippen LogP contribution < -0.4 is 0 Å². The van der Waals surface area contributed by atoms with E-state index < -0.39 is 12.8 Å². The molecule has 3 rings (SSSR count). The molecule has 3 saturated carbocycles. The van der Waals surface area contributed by atoms with Crippen LogP contribution in [0, 0.1) is 29.1 Å². The standard InChI is InChI=1S/C27H43FO2/c1-18-7-11-23(29)16-22(18)10-9-21-6-5-15-27(4)24(12-13-25(21)27)19(2)8-14-26(30)20(3)17-28/h9-10,19-20,23-26,29-30H,1,5-8,11-17H2,2-4H3/b21-9?,22-10-/t19-,20?,23+,24-,25?,26-,27-/m1/s1. The van der Waals surface area contributed by atoms with Gasteiger partial charge in [-0.25, -0.2) is 0 Å². The normalized spacial score (nSPS) is 37.9. The van der Waals surface area contributed by atoms with E-state index in [1.807, 2.05) is 0 Å². The summed E-state index contributed by atoms with van der Waals surface area (Å²) in [4.78, 5) is 0. The van der Waals surface area contributed by atoms with E-state index >= 15 is 0 Å². The van der Waals surface area contributed by atoms with Crippen molar-refractivity contribution in [3.63, 3.8) is 0 Å². The van der Waals surface area contributed by atoms with Crippen LogP contribution in [-0.4, -0.2) is 29.1 Å².